The van der Waals surface area contributed by atoms with Crippen LogP contribution in [-0.2, 0) is 16.4 Å². The second-order valence-corrected chi connectivity index (χ2v) is 6.99. The van der Waals surface area contributed by atoms with Gasteiger partial charge in [0.05, 0.1) is 21.3 Å². The summed E-state index contributed by atoms with van der Waals surface area (Å²) in [5.41, 5.74) is 1.43. The SMILES string of the molecule is CCc1ccc(S(=O)(=O)Nc2cnc(Cl)c(Br)c2)cc1. The molecular weight excluding hydrogens is 364 g/mol. The molecule has 4 nitrogen and oxygen atoms in total. The molecule has 1 aromatic carbocycles. The molecule has 106 valence electrons. The molecule has 0 bridgehead atoms. The molecule has 0 spiro atoms. The van der Waals surface area contributed by atoms with Gasteiger partial charge in [0.1, 0.15) is 5.15 Å². The van der Waals surface area contributed by atoms with Gasteiger partial charge >= 0.3 is 0 Å². The van der Waals surface area contributed by atoms with Crippen LogP contribution in [0.2, 0.25) is 5.15 Å². The Kier molecular flexibility index (Phi) is 4.67. The molecule has 1 N–H and O–H groups in total. The van der Waals surface area contributed by atoms with Gasteiger partial charge in [-0.15, -0.1) is 0 Å². The van der Waals surface area contributed by atoms with Crippen LogP contribution in [-0.4, -0.2) is 13.4 Å². The van der Waals surface area contributed by atoms with Gasteiger partial charge in [0.25, 0.3) is 10.0 Å². The van der Waals surface area contributed by atoms with Crippen LogP contribution in [0.5, 0.6) is 0 Å². The molecule has 1 aromatic heterocycles. The first-order valence-corrected chi connectivity index (χ1v) is 8.50. The lowest BCUT2D eigenvalue weighted by molar-refractivity contribution is 0.601. The second-order valence-electron chi connectivity index (χ2n) is 4.10. The molecule has 0 saturated carbocycles. The van der Waals surface area contributed by atoms with Crippen molar-refractivity contribution in [2.75, 3.05) is 4.72 Å². The summed E-state index contributed by atoms with van der Waals surface area (Å²) in [5.74, 6) is 0. The van der Waals surface area contributed by atoms with Crippen molar-refractivity contribution in [2.45, 2.75) is 18.2 Å². The van der Waals surface area contributed by atoms with E-state index in [1.165, 1.54) is 6.20 Å². The predicted molar refractivity (Wildman–Crippen MR) is 83.6 cm³/mol. The summed E-state index contributed by atoms with van der Waals surface area (Å²) in [4.78, 5) is 4.08. The highest BCUT2D eigenvalue weighted by Crippen LogP contribution is 2.24. The maximum Gasteiger partial charge on any atom is 0.261 e. The molecule has 20 heavy (non-hydrogen) atoms. The minimum Gasteiger partial charge on any atom is -0.278 e. The smallest absolute Gasteiger partial charge is 0.261 e. The number of nitrogens with one attached hydrogen (secondary N) is 1. The first kappa shape index (κ1) is 15.3. The minimum absolute atomic E-state index is 0.209. The summed E-state index contributed by atoms with van der Waals surface area (Å²) in [7, 11) is -3.62. The number of sulfonamides is 1. The highest BCUT2D eigenvalue weighted by atomic mass is 79.9. The first-order valence-electron chi connectivity index (χ1n) is 5.85. The van der Waals surface area contributed by atoms with Crippen LogP contribution in [0.25, 0.3) is 0 Å². The van der Waals surface area contributed by atoms with Crippen molar-refractivity contribution in [3.8, 4) is 0 Å². The van der Waals surface area contributed by atoms with Gasteiger partial charge in [-0.05, 0) is 46.1 Å². The number of hydrogen-bond donors (Lipinski definition) is 1. The van der Waals surface area contributed by atoms with E-state index in [4.69, 9.17) is 11.6 Å². The summed E-state index contributed by atoms with van der Waals surface area (Å²) >= 11 is 8.97. The number of aryl methyl sites for hydroxylation is 1. The first-order chi connectivity index (χ1) is 9.42. The molecule has 2 aromatic rings. The zero-order chi connectivity index (χ0) is 14.8. The molecule has 0 atom stereocenters. The van der Waals surface area contributed by atoms with Crippen LogP contribution in [0.3, 0.4) is 0 Å². The van der Waals surface area contributed by atoms with E-state index < -0.39 is 10.0 Å². The Morgan fingerprint density at radius 3 is 2.50 bits per heavy atom. The van der Waals surface area contributed by atoms with Crippen molar-refractivity contribution < 1.29 is 8.42 Å². The summed E-state index contributed by atoms with van der Waals surface area (Å²) in [6, 6.07) is 8.32. The van der Waals surface area contributed by atoms with Gasteiger partial charge in [0, 0.05) is 0 Å². The summed E-state index contributed by atoms with van der Waals surface area (Å²) in [5, 5.41) is 0.278. The summed E-state index contributed by atoms with van der Waals surface area (Å²) in [6.45, 7) is 2.01. The van der Waals surface area contributed by atoms with Crippen molar-refractivity contribution in [3.05, 3.63) is 51.7 Å². The molecule has 0 aliphatic heterocycles. The molecule has 1 heterocycles. The maximum absolute atomic E-state index is 12.2. The highest BCUT2D eigenvalue weighted by molar-refractivity contribution is 9.10. The van der Waals surface area contributed by atoms with Crippen LogP contribution >= 0.6 is 27.5 Å². The lowest BCUT2D eigenvalue weighted by atomic mass is 10.2. The molecular formula is C13H12BrClN2O2S. The number of benzene rings is 1. The molecule has 0 unspecified atom stereocenters. The number of rotatable bonds is 4. The third kappa shape index (κ3) is 3.50. The fraction of sp³-hybridized carbons (Fsp3) is 0.154. The maximum atomic E-state index is 12.2. The number of pyridine rings is 1. The Bertz CT molecular complexity index is 718. The minimum atomic E-state index is -3.62. The van der Waals surface area contributed by atoms with Crippen molar-refractivity contribution in [3.63, 3.8) is 0 Å². The van der Waals surface area contributed by atoms with Crippen LogP contribution in [0, 0.1) is 0 Å². The van der Waals surface area contributed by atoms with E-state index in [2.05, 4.69) is 25.6 Å². The van der Waals surface area contributed by atoms with Crippen LogP contribution in [0.15, 0.2) is 45.9 Å². The van der Waals surface area contributed by atoms with Gasteiger partial charge in [0.15, 0.2) is 0 Å². The van der Waals surface area contributed by atoms with Gasteiger partial charge in [-0.25, -0.2) is 13.4 Å². The van der Waals surface area contributed by atoms with Gasteiger partial charge in [-0.2, -0.15) is 0 Å². The standard InChI is InChI=1S/C13H12BrClN2O2S/c1-2-9-3-5-11(6-4-9)20(18,19)17-10-7-12(14)13(15)16-8-10/h3-8,17H,2H2,1H3. The highest BCUT2D eigenvalue weighted by Gasteiger charge is 2.14. The Morgan fingerprint density at radius 1 is 1.30 bits per heavy atom. The molecule has 0 radical (unpaired) electrons. The van der Waals surface area contributed by atoms with Crippen LogP contribution in [0.4, 0.5) is 5.69 Å². The molecule has 0 amide bonds. The van der Waals surface area contributed by atoms with E-state index in [-0.39, 0.29) is 10.0 Å². The molecule has 0 aliphatic rings. The van der Waals surface area contributed by atoms with Crippen molar-refractivity contribution in [1.82, 2.24) is 4.98 Å². The van der Waals surface area contributed by atoms with Crippen molar-refractivity contribution >= 4 is 43.2 Å². The normalized spacial score (nSPS) is 11.3. The average molecular weight is 376 g/mol. The topological polar surface area (TPSA) is 59.1 Å². The van der Waals surface area contributed by atoms with E-state index in [0.29, 0.717) is 10.2 Å². The predicted octanol–water partition coefficient (Wildman–Crippen LogP) is 3.86. The van der Waals surface area contributed by atoms with Gasteiger partial charge in [-0.3, -0.25) is 4.72 Å². The van der Waals surface area contributed by atoms with Crippen LogP contribution < -0.4 is 4.72 Å². The van der Waals surface area contributed by atoms with E-state index in [9.17, 15) is 8.42 Å². The Morgan fingerprint density at radius 2 is 1.95 bits per heavy atom. The summed E-state index contributed by atoms with van der Waals surface area (Å²) in [6.07, 6.45) is 2.23. The number of aromatic nitrogens is 1. The van der Waals surface area contributed by atoms with E-state index >= 15 is 0 Å². The van der Waals surface area contributed by atoms with Gasteiger partial charge in [0.2, 0.25) is 0 Å². The zero-order valence-corrected chi connectivity index (χ0v) is 13.8. The fourth-order valence-corrected chi connectivity index (χ4v) is 3.08. The quantitative estimate of drug-likeness (QED) is 0.826. The lowest BCUT2D eigenvalue weighted by Gasteiger charge is -2.09. The fourth-order valence-electron chi connectivity index (χ4n) is 1.60. The van der Waals surface area contributed by atoms with Crippen molar-refractivity contribution in [1.29, 1.82) is 0 Å². The largest absolute Gasteiger partial charge is 0.278 e. The van der Waals surface area contributed by atoms with Gasteiger partial charge in [-0.1, -0.05) is 30.7 Å². The Balaban J connectivity index is 2.27. The average Bonchev–Trinajstić information content (AvgIpc) is 2.43. The zero-order valence-electron chi connectivity index (χ0n) is 10.6. The molecule has 2 rings (SSSR count). The Labute approximate surface area is 131 Å². The molecule has 7 heteroatoms. The summed E-state index contributed by atoms with van der Waals surface area (Å²) < 4.78 is 27.4. The van der Waals surface area contributed by atoms with E-state index in [1.807, 2.05) is 6.92 Å². The number of hydrogen-bond acceptors (Lipinski definition) is 3. The lowest BCUT2D eigenvalue weighted by Crippen LogP contribution is -2.13. The number of anilines is 1. The van der Waals surface area contributed by atoms with E-state index in [1.54, 1.807) is 30.3 Å². The van der Waals surface area contributed by atoms with E-state index in [0.717, 1.165) is 12.0 Å². The van der Waals surface area contributed by atoms with Crippen molar-refractivity contribution in [2.24, 2.45) is 0 Å². The van der Waals surface area contributed by atoms with Gasteiger partial charge < -0.3 is 0 Å². The molecule has 0 saturated heterocycles. The third-order valence-electron chi connectivity index (χ3n) is 2.69. The molecule has 0 aliphatic carbocycles. The number of nitrogens with zero attached hydrogens (tertiary/aromatic N) is 1. The molecule has 0 fully saturated rings. The monoisotopic (exact) mass is 374 g/mol. The second kappa shape index (κ2) is 6.11. The third-order valence-corrected chi connectivity index (χ3v) is 5.22. The van der Waals surface area contributed by atoms with Crippen LogP contribution in [0.1, 0.15) is 12.5 Å². The Hall–Kier alpha value is -1.11. The number of halogens is 2.